The zero-order valence-corrected chi connectivity index (χ0v) is 25.9. The number of fused-ring (bicyclic) bond motifs is 10. The summed E-state index contributed by atoms with van der Waals surface area (Å²) in [4.78, 5) is 13.4. The highest BCUT2D eigenvalue weighted by Gasteiger charge is 2.30. The van der Waals surface area contributed by atoms with Gasteiger partial charge in [0, 0.05) is 31.8 Å². The number of thiophene rings is 1. The third-order valence-electron chi connectivity index (χ3n) is 9.72. The van der Waals surface area contributed by atoms with Crippen LogP contribution < -0.4 is 4.90 Å². The summed E-state index contributed by atoms with van der Waals surface area (Å²) in [5, 5.41) is 8.43. The number of nitrogens with zero attached hydrogens (tertiary/aromatic N) is 4. The Morgan fingerprint density at radius 1 is 0.489 bits per heavy atom. The lowest BCUT2D eigenvalue weighted by Crippen LogP contribution is -2.18. The topological polar surface area (TPSA) is 34.0 Å². The Morgan fingerprint density at radius 3 is 1.96 bits per heavy atom. The van der Waals surface area contributed by atoms with Crippen molar-refractivity contribution in [2.75, 3.05) is 4.90 Å². The lowest BCUT2D eigenvalue weighted by molar-refractivity contribution is 1.04. The zero-order valence-electron chi connectivity index (χ0n) is 25.1. The molecule has 3 aromatic heterocycles. The molecule has 0 spiro atoms. The second kappa shape index (κ2) is 9.25. The van der Waals surface area contributed by atoms with Crippen LogP contribution in [-0.4, -0.2) is 14.5 Å². The first-order valence-electron chi connectivity index (χ1n) is 15.9. The minimum absolute atomic E-state index is 0.663. The molecule has 4 nitrogen and oxygen atoms in total. The van der Waals surface area contributed by atoms with E-state index in [2.05, 4.69) is 155 Å². The first-order valence-corrected chi connectivity index (χ1v) is 16.7. The van der Waals surface area contributed by atoms with E-state index in [1.165, 1.54) is 48.1 Å². The summed E-state index contributed by atoms with van der Waals surface area (Å²) in [6.45, 7) is 0. The molecule has 0 saturated carbocycles. The molecule has 0 amide bonds. The molecule has 0 N–H and O–H groups in total. The quantitative estimate of drug-likeness (QED) is 0.194. The van der Waals surface area contributed by atoms with Crippen LogP contribution in [0.25, 0.3) is 80.6 Å². The molecule has 1 aliphatic heterocycles. The third-order valence-corrected chi connectivity index (χ3v) is 10.9. The Balaban J connectivity index is 1.32. The van der Waals surface area contributed by atoms with Crippen LogP contribution in [0, 0.1) is 0 Å². The fourth-order valence-electron chi connectivity index (χ4n) is 7.76. The molecule has 1 aliphatic rings. The van der Waals surface area contributed by atoms with Crippen molar-refractivity contribution in [2.45, 2.75) is 0 Å². The van der Waals surface area contributed by atoms with E-state index in [0.717, 1.165) is 43.8 Å². The van der Waals surface area contributed by atoms with Gasteiger partial charge < -0.3 is 0 Å². The second-order valence-electron chi connectivity index (χ2n) is 12.2. The summed E-state index contributed by atoms with van der Waals surface area (Å²) in [6, 6.07) is 52.2. The highest BCUT2D eigenvalue weighted by Crippen LogP contribution is 2.53. The highest BCUT2D eigenvalue weighted by atomic mass is 32.1. The van der Waals surface area contributed by atoms with Crippen LogP contribution in [0.2, 0.25) is 0 Å². The SMILES string of the molecule is c1ccc2c3c(ccc2c1)N(c1nc(-n2c4ccccc4c4ccccc42)c2sc4ccccc4c2n1)c1cccc2cccc-3c12. The smallest absolute Gasteiger partial charge is 0.237 e. The molecule has 0 fully saturated rings. The fraction of sp³-hybridized carbons (Fsp3) is 0. The summed E-state index contributed by atoms with van der Waals surface area (Å²) in [5.74, 6) is 1.56. The Kier molecular flexibility index (Phi) is 4.96. The molecule has 0 saturated heterocycles. The van der Waals surface area contributed by atoms with Crippen molar-refractivity contribution in [1.82, 2.24) is 14.5 Å². The summed E-state index contributed by atoms with van der Waals surface area (Å²) < 4.78 is 4.62. The molecule has 218 valence electrons. The first-order chi connectivity index (χ1) is 23.3. The lowest BCUT2D eigenvalue weighted by Gasteiger charge is -2.33. The molecule has 0 aliphatic carbocycles. The van der Waals surface area contributed by atoms with Crippen molar-refractivity contribution in [3.05, 3.63) is 146 Å². The van der Waals surface area contributed by atoms with Gasteiger partial charge in [-0.15, -0.1) is 11.3 Å². The largest absolute Gasteiger partial charge is 0.292 e. The van der Waals surface area contributed by atoms with Gasteiger partial charge in [-0.3, -0.25) is 9.47 Å². The molecule has 4 heterocycles. The van der Waals surface area contributed by atoms with Gasteiger partial charge in [0.25, 0.3) is 0 Å². The molecule has 5 heteroatoms. The molecule has 0 atom stereocenters. The van der Waals surface area contributed by atoms with Crippen LogP contribution >= 0.6 is 11.3 Å². The van der Waals surface area contributed by atoms with Gasteiger partial charge in [0.2, 0.25) is 5.95 Å². The molecule has 11 rings (SSSR count). The van der Waals surface area contributed by atoms with Gasteiger partial charge in [0.15, 0.2) is 5.82 Å². The van der Waals surface area contributed by atoms with E-state index in [9.17, 15) is 0 Å². The minimum Gasteiger partial charge on any atom is -0.292 e. The fourth-order valence-corrected chi connectivity index (χ4v) is 8.88. The molecule has 47 heavy (non-hydrogen) atoms. The molecule has 0 bridgehead atoms. The first kappa shape index (κ1) is 25.2. The maximum absolute atomic E-state index is 5.59. The van der Waals surface area contributed by atoms with Crippen LogP contribution in [0.1, 0.15) is 0 Å². The van der Waals surface area contributed by atoms with Crippen molar-refractivity contribution >= 4 is 92.3 Å². The molecule has 7 aromatic carbocycles. The zero-order chi connectivity index (χ0) is 30.6. The van der Waals surface area contributed by atoms with Gasteiger partial charge in [-0.25, -0.2) is 4.98 Å². The summed E-state index contributed by atoms with van der Waals surface area (Å²) in [6.07, 6.45) is 0. The van der Waals surface area contributed by atoms with Gasteiger partial charge in [0.1, 0.15) is 0 Å². The molecule has 0 radical (unpaired) electrons. The van der Waals surface area contributed by atoms with Gasteiger partial charge >= 0.3 is 0 Å². The van der Waals surface area contributed by atoms with Gasteiger partial charge in [-0.1, -0.05) is 115 Å². The normalized spacial score (nSPS) is 12.6. The van der Waals surface area contributed by atoms with Gasteiger partial charge in [0.05, 0.1) is 32.6 Å². The molecular weight excluding hydrogens is 593 g/mol. The maximum atomic E-state index is 5.59. The average molecular weight is 617 g/mol. The van der Waals surface area contributed by atoms with Crippen LogP contribution in [0.4, 0.5) is 17.3 Å². The number of rotatable bonds is 2. The number of aromatic nitrogens is 3. The van der Waals surface area contributed by atoms with E-state index < -0.39 is 0 Å². The minimum atomic E-state index is 0.663. The maximum Gasteiger partial charge on any atom is 0.237 e. The third kappa shape index (κ3) is 3.36. The predicted octanol–water partition coefficient (Wildman–Crippen LogP) is 11.7. The van der Waals surface area contributed by atoms with Crippen molar-refractivity contribution in [3.63, 3.8) is 0 Å². The Hall–Kier alpha value is -6.04. The summed E-state index contributed by atoms with van der Waals surface area (Å²) in [7, 11) is 0. The molecular formula is C42H24N4S. The summed E-state index contributed by atoms with van der Waals surface area (Å²) >= 11 is 1.77. The van der Waals surface area contributed by atoms with Crippen LogP contribution in [0.3, 0.4) is 0 Å². The van der Waals surface area contributed by atoms with E-state index in [0.29, 0.717) is 5.95 Å². The predicted molar refractivity (Wildman–Crippen MR) is 198 cm³/mol. The molecule has 0 unspecified atom stereocenters. The number of hydrogen-bond acceptors (Lipinski definition) is 4. The van der Waals surface area contributed by atoms with E-state index in [-0.39, 0.29) is 0 Å². The Labute approximate surface area is 273 Å². The number of hydrogen-bond donors (Lipinski definition) is 0. The lowest BCUT2D eigenvalue weighted by atomic mass is 9.88. The number of para-hydroxylation sites is 2. The van der Waals surface area contributed by atoms with Crippen molar-refractivity contribution in [3.8, 4) is 16.9 Å². The van der Waals surface area contributed by atoms with Crippen molar-refractivity contribution < 1.29 is 0 Å². The van der Waals surface area contributed by atoms with Crippen molar-refractivity contribution in [2.24, 2.45) is 0 Å². The standard InChI is InChI=1S/C42H24N4S/c1-2-14-27-25(11-1)23-24-35-38(27)31-18-9-12-26-13-10-21-34(37(26)31)46(35)42-43-39-30-17-5-8-22-36(30)47-40(39)41(44-42)45-32-19-6-3-15-28(32)29-16-4-7-20-33(29)45/h1-24H. The number of anilines is 3. The monoisotopic (exact) mass is 616 g/mol. The number of benzene rings is 7. The average Bonchev–Trinajstić information content (AvgIpc) is 3.67. The van der Waals surface area contributed by atoms with Gasteiger partial charge in [-0.2, -0.15) is 4.98 Å². The van der Waals surface area contributed by atoms with Crippen molar-refractivity contribution in [1.29, 1.82) is 0 Å². The van der Waals surface area contributed by atoms with E-state index in [1.54, 1.807) is 11.3 Å². The molecule has 10 aromatic rings. The highest BCUT2D eigenvalue weighted by molar-refractivity contribution is 7.26. The second-order valence-corrected chi connectivity index (χ2v) is 13.2. The van der Waals surface area contributed by atoms with E-state index >= 15 is 0 Å². The van der Waals surface area contributed by atoms with Crippen LogP contribution in [0.15, 0.2) is 146 Å². The Morgan fingerprint density at radius 2 is 1.15 bits per heavy atom. The van der Waals surface area contributed by atoms with E-state index in [4.69, 9.17) is 9.97 Å². The Bertz CT molecular complexity index is 2870. The summed E-state index contributed by atoms with van der Waals surface area (Å²) in [5.41, 5.74) is 7.87. The van der Waals surface area contributed by atoms with Gasteiger partial charge in [-0.05, 0) is 52.1 Å². The van der Waals surface area contributed by atoms with E-state index in [1.807, 2.05) is 0 Å². The van der Waals surface area contributed by atoms with Crippen LogP contribution in [-0.2, 0) is 0 Å². The van der Waals surface area contributed by atoms with Crippen LogP contribution in [0.5, 0.6) is 0 Å².